The third-order valence-electron chi connectivity index (χ3n) is 5.29. The molecule has 3 rings (SSSR count). The van der Waals surface area contributed by atoms with Crippen LogP contribution >= 0.6 is 11.6 Å². The number of carboxylic acids is 1. The Bertz CT molecular complexity index is 1410. The summed E-state index contributed by atoms with van der Waals surface area (Å²) in [6.45, 7) is -0.262. The van der Waals surface area contributed by atoms with Crippen LogP contribution in [0.4, 0.5) is 13.2 Å². The Hall–Kier alpha value is -4.10. The van der Waals surface area contributed by atoms with Crippen molar-refractivity contribution in [3.63, 3.8) is 0 Å². The van der Waals surface area contributed by atoms with Crippen molar-refractivity contribution in [3.8, 4) is 22.9 Å². The second-order valence-electron chi connectivity index (χ2n) is 7.82. The summed E-state index contributed by atoms with van der Waals surface area (Å²) in [6, 6.07) is 11.5. The van der Waals surface area contributed by atoms with E-state index in [1.807, 2.05) is 6.07 Å². The first-order valence-corrected chi connectivity index (χ1v) is 10.8. The minimum Gasteiger partial charge on any atom is -0.482 e. The lowest BCUT2D eigenvalue weighted by Crippen LogP contribution is -2.29. The molecule has 1 N–H and O–H groups in total. The third kappa shape index (κ3) is 6.31. The van der Waals surface area contributed by atoms with E-state index in [-0.39, 0.29) is 39.4 Å². The molecular formula is C25H18ClF3N2O5. The molecule has 11 heteroatoms. The van der Waals surface area contributed by atoms with Gasteiger partial charge in [0.25, 0.3) is 5.56 Å². The summed E-state index contributed by atoms with van der Waals surface area (Å²) >= 11 is 6.00. The highest BCUT2D eigenvalue weighted by Gasteiger charge is 2.30. The summed E-state index contributed by atoms with van der Waals surface area (Å²) < 4.78 is 44.7. The van der Waals surface area contributed by atoms with Crippen molar-refractivity contribution in [1.29, 1.82) is 5.26 Å². The van der Waals surface area contributed by atoms with Gasteiger partial charge in [-0.3, -0.25) is 9.59 Å². The highest BCUT2D eigenvalue weighted by Crippen LogP contribution is 2.34. The maximum absolute atomic E-state index is 12.9. The molecule has 0 saturated carbocycles. The van der Waals surface area contributed by atoms with E-state index < -0.39 is 36.1 Å². The molecule has 0 saturated heterocycles. The summed E-state index contributed by atoms with van der Waals surface area (Å²) in [6.07, 6.45) is -3.84. The Labute approximate surface area is 207 Å². The van der Waals surface area contributed by atoms with Crippen molar-refractivity contribution in [2.75, 3.05) is 6.61 Å². The van der Waals surface area contributed by atoms with Crippen LogP contribution in [0.5, 0.6) is 5.75 Å². The Morgan fingerprint density at radius 1 is 1.14 bits per heavy atom. The maximum Gasteiger partial charge on any atom is 0.422 e. The molecule has 0 bridgehead atoms. The fraction of sp³-hybridized carbons (Fsp3) is 0.200. The summed E-state index contributed by atoms with van der Waals surface area (Å²) in [5, 5.41) is 18.6. The number of carboxylic acid groups (broad SMARTS) is 1. The number of pyridine rings is 1. The zero-order valence-electron chi connectivity index (χ0n) is 18.7. The molecule has 3 aromatic rings. The lowest BCUT2D eigenvalue weighted by atomic mass is 9.99. The molecule has 1 heterocycles. The molecule has 0 aliphatic carbocycles. The van der Waals surface area contributed by atoms with Crippen LogP contribution in [0.3, 0.4) is 0 Å². The fourth-order valence-electron chi connectivity index (χ4n) is 3.42. The first-order chi connectivity index (χ1) is 16.9. The van der Waals surface area contributed by atoms with E-state index in [2.05, 4.69) is 0 Å². The zero-order chi connectivity index (χ0) is 26.6. The van der Waals surface area contributed by atoms with Crippen molar-refractivity contribution >= 4 is 23.4 Å². The minimum absolute atomic E-state index is 0.0373. The molecule has 0 spiro atoms. The van der Waals surface area contributed by atoms with Crippen LogP contribution in [-0.4, -0.2) is 34.2 Å². The normalized spacial score (nSPS) is 12.0. The second kappa shape index (κ2) is 10.7. The number of aromatic carboxylic acids is 1. The molecule has 36 heavy (non-hydrogen) atoms. The molecule has 1 atom stereocenters. The molecule has 2 aromatic carbocycles. The highest BCUT2D eigenvalue weighted by molar-refractivity contribution is 6.31. The van der Waals surface area contributed by atoms with Crippen LogP contribution < -0.4 is 10.3 Å². The summed E-state index contributed by atoms with van der Waals surface area (Å²) in [5.74, 6) is -1.94. The van der Waals surface area contributed by atoms with Crippen LogP contribution in [0.25, 0.3) is 11.1 Å². The predicted octanol–water partition coefficient (Wildman–Crippen LogP) is 5.05. The first-order valence-electron chi connectivity index (χ1n) is 10.4. The van der Waals surface area contributed by atoms with Crippen LogP contribution in [0.15, 0.2) is 59.5 Å². The smallest absolute Gasteiger partial charge is 0.422 e. The van der Waals surface area contributed by atoms with E-state index in [1.54, 1.807) is 0 Å². The van der Waals surface area contributed by atoms with Gasteiger partial charge < -0.3 is 14.4 Å². The number of ether oxygens (including phenoxy) is 1. The van der Waals surface area contributed by atoms with E-state index in [1.165, 1.54) is 49.4 Å². The van der Waals surface area contributed by atoms with E-state index in [4.69, 9.17) is 21.4 Å². The minimum atomic E-state index is -4.69. The third-order valence-corrected chi connectivity index (χ3v) is 5.53. The van der Waals surface area contributed by atoms with E-state index >= 15 is 0 Å². The lowest BCUT2D eigenvalue weighted by molar-refractivity contribution is -0.153. The van der Waals surface area contributed by atoms with Gasteiger partial charge in [0, 0.05) is 28.6 Å². The van der Waals surface area contributed by atoms with Gasteiger partial charge in [0.05, 0.1) is 29.4 Å². The van der Waals surface area contributed by atoms with Crippen molar-refractivity contribution in [2.45, 2.75) is 25.6 Å². The van der Waals surface area contributed by atoms with Crippen LogP contribution in [-0.2, 0) is 11.2 Å². The highest BCUT2D eigenvalue weighted by atomic mass is 35.5. The number of hydrogen-bond donors (Lipinski definition) is 1. The van der Waals surface area contributed by atoms with Crippen molar-refractivity contribution < 1.29 is 32.6 Å². The van der Waals surface area contributed by atoms with Crippen LogP contribution in [0.2, 0.25) is 5.02 Å². The molecule has 1 aromatic heterocycles. The van der Waals surface area contributed by atoms with Gasteiger partial charge in [-0.2, -0.15) is 18.4 Å². The SMILES string of the molecule is CC(C(=O)Cc1ccc(C(=O)O)cc1)n1cc(OCC(F)(F)F)c(-c2cc(Cl)ccc2C#N)cc1=O. The Balaban J connectivity index is 2.01. The molecule has 7 nitrogen and oxygen atoms in total. The number of ketones is 1. The molecule has 0 radical (unpaired) electrons. The number of halogens is 4. The predicted molar refractivity (Wildman–Crippen MR) is 124 cm³/mol. The molecular weight excluding hydrogens is 501 g/mol. The van der Waals surface area contributed by atoms with Gasteiger partial charge in [-0.15, -0.1) is 0 Å². The lowest BCUT2D eigenvalue weighted by Gasteiger charge is -2.19. The van der Waals surface area contributed by atoms with E-state index in [9.17, 15) is 32.8 Å². The largest absolute Gasteiger partial charge is 0.482 e. The Morgan fingerprint density at radius 2 is 1.81 bits per heavy atom. The molecule has 0 aliphatic rings. The van der Waals surface area contributed by atoms with E-state index in [0.717, 1.165) is 16.8 Å². The molecule has 0 fully saturated rings. The number of rotatable bonds is 8. The number of nitriles is 1. The zero-order valence-corrected chi connectivity index (χ0v) is 19.4. The number of carbonyl (C=O) groups is 2. The average Bonchev–Trinajstić information content (AvgIpc) is 2.82. The molecule has 0 amide bonds. The van der Waals surface area contributed by atoms with Gasteiger partial charge in [-0.25, -0.2) is 4.79 Å². The summed E-state index contributed by atoms with van der Waals surface area (Å²) in [4.78, 5) is 36.8. The van der Waals surface area contributed by atoms with Gasteiger partial charge in [-0.1, -0.05) is 23.7 Å². The maximum atomic E-state index is 12.9. The summed E-state index contributed by atoms with van der Waals surface area (Å²) in [5.41, 5.74) is -0.104. The quantitative estimate of drug-likeness (QED) is 0.447. The number of Topliss-reactive ketones (excluding diaryl/α,β-unsaturated/α-hetero) is 1. The number of alkyl halides is 3. The standard InChI is InChI=1S/C25H18ClF3N2O5/c1-14(21(32)8-15-2-4-16(5-3-15)24(34)35)31-12-22(36-13-25(27,28)29)20(10-23(31)33)19-9-18(26)7-6-17(19)11-30/h2-7,9-10,12,14H,8,13H2,1H3,(H,34,35). The van der Waals surface area contributed by atoms with Crippen molar-refractivity contribution in [1.82, 2.24) is 4.57 Å². The number of aromatic nitrogens is 1. The van der Waals surface area contributed by atoms with Crippen LogP contribution in [0, 0.1) is 11.3 Å². The molecule has 0 aliphatic heterocycles. The number of hydrogen-bond acceptors (Lipinski definition) is 5. The van der Waals surface area contributed by atoms with Crippen molar-refractivity contribution in [3.05, 3.63) is 86.8 Å². The van der Waals surface area contributed by atoms with Gasteiger partial charge in [0.1, 0.15) is 5.75 Å². The molecule has 186 valence electrons. The number of nitrogens with zero attached hydrogens (tertiary/aromatic N) is 2. The summed E-state index contributed by atoms with van der Waals surface area (Å²) in [7, 11) is 0. The van der Waals surface area contributed by atoms with Crippen LogP contribution in [0.1, 0.15) is 34.5 Å². The monoisotopic (exact) mass is 518 g/mol. The number of carbonyl (C=O) groups excluding carboxylic acids is 1. The Kier molecular flexibility index (Phi) is 7.85. The number of benzene rings is 2. The van der Waals surface area contributed by atoms with E-state index in [0.29, 0.717) is 5.56 Å². The van der Waals surface area contributed by atoms with Gasteiger partial charge in [0.2, 0.25) is 0 Å². The fourth-order valence-corrected chi connectivity index (χ4v) is 3.59. The topological polar surface area (TPSA) is 109 Å². The van der Waals surface area contributed by atoms with Crippen molar-refractivity contribution in [2.24, 2.45) is 0 Å². The molecule has 1 unspecified atom stereocenters. The van der Waals surface area contributed by atoms with Gasteiger partial charge in [0.15, 0.2) is 12.4 Å². The second-order valence-corrected chi connectivity index (χ2v) is 8.26. The van der Waals surface area contributed by atoms with Gasteiger partial charge >= 0.3 is 12.1 Å². The Morgan fingerprint density at radius 3 is 2.39 bits per heavy atom. The average molecular weight is 519 g/mol. The first kappa shape index (κ1) is 26.5. The van der Waals surface area contributed by atoms with Gasteiger partial charge in [-0.05, 0) is 42.8 Å².